The Morgan fingerprint density at radius 2 is 1.94 bits per heavy atom. The number of hydrogen-bond acceptors (Lipinski definition) is 3. The minimum absolute atomic E-state index is 0.447. The molecule has 0 aliphatic rings. The molecule has 17 heavy (non-hydrogen) atoms. The average Bonchev–Trinajstić information content (AvgIpc) is 2.26. The highest BCUT2D eigenvalue weighted by molar-refractivity contribution is 8.13. The molecule has 0 aliphatic carbocycles. The third-order valence-electron chi connectivity index (χ3n) is 1.87. The zero-order valence-corrected chi connectivity index (χ0v) is 10.9. The van der Waals surface area contributed by atoms with E-state index in [0.29, 0.717) is 11.1 Å². The Morgan fingerprint density at radius 3 is 2.35 bits per heavy atom. The molecule has 0 saturated heterocycles. The van der Waals surface area contributed by atoms with Gasteiger partial charge < -0.3 is 9.90 Å². The van der Waals surface area contributed by atoms with Crippen LogP contribution in [0.25, 0.3) is 0 Å². The fraction of sp³-hybridized carbons (Fsp3) is 0.333. The summed E-state index contributed by atoms with van der Waals surface area (Å²) in [5, 5.41) is 14.7. The van der Waals surface area contributed by atoms with Crippen molar-refractivity contribution in [2.45, 2.75) is 19.8 Å². The number of amidine groups is 1. The van der Waals surface area contributed by atoms with Crippen LogP contribution in [0.2, 0.25) is 0 Å². The van der Waals surface area contributed by atoms with E-state index in [9.17, 15) is 0 Å². The van der Waals surface area contributed by atoms with Gasteiger partial charge in [-0.25, -0.2) is 0 Å². The molecule has 0 heterocycles. The summed E-state index contributed by atoms with van der Waals surface area (Å²) in [6, 6.07) is 10.4. The minimum Gasteiger partial charge on any atom is -0.550 e. The van der Waals surface area contributed by atoms with Gasteiger partial charge in [0.1, 0.15) is 0 Å². The first-order chi connectivity index (χ1) is 7.93. The molecule has 0 radical (unpaired) electrons. The van der Waals surface area contributed by atoms with Crippen molar-refractivity contribution in [2.75, 3.05) is 5.75 Å². The standard InChI is InChI=1S/C10H14N2S.C2H4O2/c1-8(7-13-10(11)12)9-5-3-2-4-6-9;1-2(3)4/h2-6,8H,7H2,1H3,(H3,11,12);1H3,(H,3,4). The van der Waals surface area contributed by atoms with Crippen LogP contribution in [0, 0.1) is 0 Å². The summed E-state index contributed by atoms with van der Waals surface area (Å²) in [5.41, 5.74) is 6.71. The Balaban J connectivity index is 0.000000557. The van der Waals surface area contributed by atoms with Crippen molar-refractivity contribution in [1.82, 2.24) is 0 Å². The van der Waals surface area contributed by atoms with E-state index in [1.165, 1.54) is 17.3 Å². The maximum absolute atomic E-state index is 8.89. The number of carboxylic acid groups (broad SMARTS) is 1. The van der Waals surface area contributed by atoms with Crippen molar-refractivity contribution in [3.8, 4) is 0 Å². The SMILES string of the molecule is CC(=O)[O-].CC(CSC(N)=[NH2+])c1ccccc1. The van der Waals surface area contributed by atoms with E-state index in [-0.39, 0.29) is 0 Å². The molecule has 4 nitrogen and oxygen atoms in total. The van der Waals surface area contributed by atoms with Gasteiger partial charge in [0.15, 0.2) is 0 Å². The first kappa shape index (κ1) is 15.5. The Morgan fingerprint density at radius 1 is 1.47 bits per heavy atom. The zero-order chi connectivity index (χ0) is 13.3. The smallest absolute Gasteiger partial charge is 0.299 e. The third-order valence-corrected chi connectivity index (χ3v) is 2.87. The molecule has 0 saturated carbocycles. The molecule has 0 spiro atoms. The predicted octanol–water partition coefficient (Wildman–Crippen LogP) is -0.647. The fourth-order valence-corrected chi connectivity index (χ4v) is 1.73. The number of rotatable bonds is 3. The lowest BCUT2D eigenvalue weighted by Gasteiger charge is -2.08. The van der Waals surface area contributed by atoms with Crippen molar-refractivity contribution in [2.24, 2.45) is 5.73 Å². The number of hydrogen-bond donors (Lipinski definition) is 2. The molecule has 1 atom stereocenters. The van der Waals surface area contributed by atoms with Crippen LogP contribution in [0.3, 0.4) is 0 Å². The molecule has 1 aromatic carbocycles. The molecule has 1 unspecified atom stereocenters. The van der Waals surface area contributed by atoms with Crippen LogP contribution in [0.5, 0.6) is 0 Å². The largest absolute Gasteiger partial charge is 0.550 e. The van der Waals surface area contributed by atoms with Gasteiger partial charge in [0.25, 0.3) is 5.17 Å². The monoisotopic (exact) mass is 254 g/mol. The van der Waals surface area contributed by atoms with E-state index in [4.69, 9.17) is 21.0 Å². The third kappa shape index (κ3) is 9.44. The van der Waals surface area contributed by atoms with Crippen LogP contribution in [-0.2, 0) is 4.79 Å². The number of benzene rings is 1. The summed E-state index contributed by atoms with van der Waals surface area (Å²) in [6.07, 6.45) is 0. The van der Waals surface area contributed by atoms with Crippen molar-refractivity contribution >= 4 is 22.9 Å². The number of carboxylic acids is 1. The van der Waals surface area contributed by atoms with E-state index >= 15 is 0 Å². The zero-order valence-electron chi connectivity index (χ0n) is 10.1. The first-order valence-corrected chi connectivity index (χ1v) is 6.15. The van der Waals surface area contributed by atoms with Gasteiger partial charge in [-0.3, -0.25) is 11.1 Å². The molecule has 5 heteroatoms. The number of carbonyl (C=O) groups excluding carboxylic acids is 1. The van der Waals surface area contributed by atoms with Crippen molar-refractivity contribution in [1.29, 1.82) is 0 Å². The summed E-state index contributed by atoms with van der Waals surface area (Å²) in [5.74, 6) is 0.347. The number of thioether (sulfide) groups is 1. The molecule has 0 aliphatic heterocycles. The van der Waals surface area contributed by atoms with E-state index in [1.54, 1.807) is 0 Å². The van der Waals surface area contributed by atoms with Crippen LogP contribution in [0.1, 0.15) is 25.3 Å². The van der Waals surface area contributed by atoms with Crippen LogP contribution < -0.4 is 16.2 Å². The Bertz CT molecular complexity index is 351. The second-order valence-electron chi connectivity index (χ2n) is 3.52. The highest BCUT2D eigenvalue weighted by Gasteiger charge is 2.06. The minimum atomic E-state index is -1.08. The topological polar surface area (TPSA) is 91.7 Å². The van der Waals surface area contributed by atoms with Gasteiger partial charge in [0, 0.05) is 11.7 Å². The lowest BCUT2D eigenvalue weighted by molar-refractivity contribution is -0.302. The average molecular weight is 254 g/mol. The van der Waals surface area contributed by atoms with E-state index in [2.05, 4.69) is 19.1 Å². The fourth-order valence-electron chi connectivity index (χ4n) is 1.10. The van der Waals surface area contributed by atoms with Gasteiger partial charge in [-0.2, -0.15) is 0 Å². The highest BCUT2D eigenvalue weighted by atomic mass is 32.2. The van der Waals surface area contributed by atoms with Crippen LogP contribution in [0.15, 0.2) is 30.3 Å². The lowest BCUT2D eigenvalue weighted by Crippen LogP contribution is -2.43. The van der Waals surface area contributed by atoms with Gasteiger partial charge in [0.05, 0.1) is 0 Å². The van der Waals surface area contributed by atoms with E-state index in [0.717, 1.165) is 12.7 Å². The maximum Gasteiger partial charge on any atom is 0.299 e. The molecule has 1 rings (SSSR count). The summed E-state index contributed by atoms with van der Waals surface area (Å²) in [7, 11) is 0. The Labute approximate surface area is 106 Å². The quantitative estimate of drug-likeness (QED) is 0.554. The number of aliphatic carboxylic acids is 1. The van der Waals surface area contributed by atoms with E-state index < -0.39 is 5.97 Å². The predicted molar refractivity (Wildman–Crippen MR) is 69.1 cm³/mol. The van der Waals surface area contributed by atoms with Gasteiger partial charge in [0.2, 0.25) is 0 Å². The Kier molecular flexibility index (Phi) is 7.88. The Hall–Kier alpha value is -1.49. The van der Waals surface area contributed by atoms with Crippen LogP contribution in [0.4, 0.5) is 0 Å². The van der Waals surface area contributed by atoms with Gasteiger partial charge in [-0.1, -0.05) is 37.3 Å². The maximum atomic E-state index is 8.89. The van der Waals surface area contributed by atoms with Crippen LogP contribution in [-0.4, -0.2) is 16.9 Å². The summed E-state index contributed by atoms with van der Waals surface area (Å²) >= 11 is 1.51. The van der Waals surface area contributed by atoms with Crippen molar-refractivity contribution in [3.05, 3.63) is 35.9 Å². The lowest BCUT2D eigenvalue weighted by atomic mass is 10.0. The highest BCUT2D eigenvalue weighted by Crippen LogP contribution is 2.18. The summed E-state index contributed by atoms with van der Waals surface area (Å²) in [4.78, 5) is 8.89. The first-order valence-electron chi connectivity index (χ1n) is 5.16. The molecule has 1 aromatic rings. The summed E-state index contributed by atoms with van der Waals surface area (Å²) in [6.45, 7) is 3.14. The van der Waals surface area contributed by atoms with Crippen LogP contribution >= 0.6 is 11.8 Å². The number of nitrogens with two attached hydrogens (primary N) is 2. The molecule has 0 bridgehead atoms. The molecule has 94 valence electrons. The molecule has 0 amide bonds. The normalized spacial score (nSPS) is 10.9. The second kappa shape index (κ2) is 8.64. The second-order valence-corrected chi connectivity index (χ2v) is 4.61. The molecule has 0 fully saturated rings. The van der Waals surface area contributed by atoms with Crippen molar-refractivity contribution in [3.63, 3.8) is 0 Å². The molecular formula is C12H18N2O2S. The van der Waals surface area contributed by atoms with Crippen molar-refractivity contribution < 1.29 is 15.3 Å². The van der Waals surface area contributed by atoms with Gasteiger partial charge in [-0.15, -0.1) is 0 Å². The molecule has 0 aromatic heterocycles. The van der Waals surface area contributed by atoms with Gasteiger partial charge >= 0.3 is 0 Å². The molecular weight excluding hydrogens is 236 g/mol. The number of carbonyl (C=O) groups is 1. The van der Waals surface area contributed by atoms with E-state index in [1.807, 2.05) is 18.2 Å². The summed E-state index contributed by atoms with van der Waals surface area (Å²) < 4.78 is 0. The van der Waals surface area contributed by atoms with Gasteiger partial charge in [-0.05, 0) is 30.2 Å². The molecule has 4 N–H and O–H groups in total.